The molecule has 7 nitrogen and oxygen atoms in total. The minimum atomic E-state index is 0.264. The lowest BCUT2D eigenvalue weighted by Crippen LogP contribution is -2.05. The topological polar surface area (TPSA) is 75.0 Å². The molecule has 3 aromatic rings. The smallest absolute Gasteiger partial charge is 0.231 e. The van der Waals surface area contributed by atoms with Crippen molar-refractivity contribution in [2.45, 2.75) is 6.54 Å². The number of ether oxygens (including phenoxy) is 2. The molecule has 1 aromatic carbocycles. The Balaban J connectivity index is 1.66. The van der Waals surface area contributed by atoms with Gasteiger partial charge >= 0.3 is 0 Å². The third kappa shape index (κ3) is 2.29. The largest absolute Gasteiger partial charge is 0.454 e. The molecule has 0 N–H and O–H groups in total. The highest BCUT2D eigenvalue weighted by atomic mass is 16.7. The molecule has 0 atom stereocenters. The van der Waals surface area contributed by atoms with Crippen LogP contribution in [0.3, 0.4) is 0 Å². The summed E-state index contributed by atoms with van der Waals surface area (Å²) in [6.45, 7) is 0.749. The molecule has 0 aliphatic carbocycles. The average molecular weight is 281 g/mol. The Morgan fingerprint density at radius 2 is 2.10 bits per heavy atom. The Hall–Kier alpha value is -2.96. The molecule has 2 aromatic heterocycles. The molecule has 104 valence electrons. The molecular weight excluding hydrogens is 270 g/mol. The fourth-order valence-corrected chi connectivity index (χ4v) is 2.15. The molecular formula is C14H11N5O2. The first-order chi connectivity index (χ1) is 10.4. The summed E-state index contributed by atoms with van der Waals surface area (Å²) in [7, 11) is 0. The van der Waals surface area contributed by atoms with Crippen molar-refractivity contribution in [2.24, 2.45) is 0 Å². The summed E-state index contributed by atoms with van der Waals surface area (Å²) in [5, 5.41) is 4.05. The molecule has 0 bridgehead atoms. The van der Waals surface area contributed by atoms with E-state index in [-0.39, 0.29) is 6.79 Å². The molecule has 4 rings (SSSR count). The van der Waals surface area contributed by atoms with Gasteiger partial charge in [-0.1, -0.05) is 0 Å². The Morgan fingerprint density at radius 3 is 3.00 bits per heavy atom. The van der Waals surface area contributed by atoms with Gasteiger partial charge in [-0.2, -0.15) is 5.10 Å². The van der Waals surface area contributed by atoms with Gasteiger partial charge in [0.05, 0.1) is 5.69 Å². The zero-order valence-corrected chi connectivity index (χ0v) is 11.0. The van der Waals surface area contributed by atoms with Crippen molar-refractivity contribution in [2.75, 3.05) is 6.79 Å². The zero-order valence-electron chi connectivity index (χ0n) is 11.0. The highest BCUT2D eigenvalue weighted by Gasteiger charge is 2.14. The van der Waals surface area contributed by atoms with Gasteiger partial charge in [0.25, 0.3) is 0 Å². The number of hydrogen-bond donors (Lipinski definition) is 0. The van der Waals surface area contributed by atoms with Crippen LogP contribution in [0.4, 0.5) is 0 Å². The van der Waals surface area contributed by atoms with Gasteiger partial charge in [0.1, 0.15) is 25.0 Å². The van der Waals surface area contributed by atoms with Crippen LogP contribution >= 0.6 is 0 Å². The zero-order chi connectivity index (χ0) is 14.1. The fourth-order valence-electron chi connectivity index (χ4n) is 2.15. The SMILES string of the molecule is c1cc(-c2ccc3c(c2)OCO3)nc(Cn2cncn2)n1. The van der Waals surface area contributed by atoms with Gasteiger partial charge in [0.2, 0.25) is 6.79 Å². The summed E-state index contributed by atoms with van der Waals surface area (Å²) in [6.07, 6.45) is 4.86. The molecule has 1 aliphatic rings. The van der Waals surface area contributed by atoms with Crippen molar-refractivity contribution in [3.05, 3.63) is 48.9 Å². The summed E-state index contributed by atoms with van der Waals surface area (Å²) in [6, 6.07) is 7.62. The third-order valence-corrected chi connectivity index (χ3v) is 3.14. The molecule has 0 saturated heterocycles. The molecule has 21 heavy (non-hydrogen) atoms. The van der Waals surface area contributed by atoms with Gasteiger partial charge in [0.15, 0.2) is 11.5 Å². The molecule has 0 radical (unpaired) electrons. The van der Waals surface area contributed by atoms with E-state index in [0.29, 0.717) is 12.4 Å². The first-order valence-electron chi connectivity index (χ1n) is 6.43. The Morgan fingerprint density at radius 1 is 1.14 bits per heavy atom. The van der Waals surface area contributed by atoms with Crippen LogP contribution in [-0.4, -0.2) is 31.5 Å². The van der Waals surface area contributed by atoms with Crippen LogP contribution in [-0.2, 0) is 6.54 Å². The maximum atomic E-state index is 5.39. The molecule has 0 saturated carbocycles. The average Bonchev–Trinajstić information content (AvgIpc) is 3.17. The molecule has 0 spiro atoms. The Bertz CT molecular complexity index is 773. The summed E-state index contributed by atoms with van der Waals surface area (Å²) < 4.78 is 12.4. The summed E-state index contributed by atoms with van der Waals surface area (Å²) in [4.78, 5) is 12.7. The van der Waals surface area contributed by atoms with E-state index in [1.807, 2.05) is 24.3 Å². The van der Waals surface area contributed by atoms with Crippen LogP contribution in [0.25, 0.3) is 11.3 Å². The van der Waals surface area contributed by atoms with Crippen molar-refractivity contribution in [3.8, 4) is 22.8 Å². The van der Waals surface area contributed by atoms with Gasteiger partial charge in [-0.25, -0.2) is 19.6 Å². The predicted molar refractivity (Wildman–Crippen MR) is 72.7 cm³/mol. The number of hydrogen-bond acceptors (Lipinski definition) is 6. The Kier molecular flexibility index (Phi) is 2.74. The molecule has 0 amide bonds. The van der Waals surface area contributed by atoms with Crippen LogP contribution in [0.1, 0.15) is 5.82 Å². The second-order valence-electron chi connectivity index (χ2n) is 4.52. The van der Waals surface area contributed by atoms with Crippen LogP contribution in [0.5, 0.6) is 11.5 Å². The van der Waals surface area contributed by atoms with Crippen molar-refractivity contribution >= 4 is 0 Å². The second kappa shape index (κ2) is 4.86. The lowest BCUT2D eigenvalue weighted by atomic mass is 10.1. The van der Waals surface area contributed by atoms with Gasteiger partial charge in [-0.15, -0.1) is 0 Å². The number of rotatable bonds is 3. The van der Waals surface area contributed by atoms with E-state index in [1.165, 1.54) is 6.33 Å². The van der Waals surface area contributed by atoms with Crippen LogP contribution in [0.2, 0.25) is 0 Å². The number of fused-ring (bicyclic) bond motifs is 1. The van der Waals surface area contributed by atoms with E-state index in [2.05, 4.69) is 20.1 Å². The van der Waals surface area contributed by atoms with Gasteiger partial charge in [0, 0.05) is 11.8 Å². The highest BCUT2D eigenvalue weighted by Crippen LogP contribution is 2.35. The quantitative estimate of drug-likeness (QED) is 0.724. The van der Waals surface area contributed by atoms with E-state index < -0.39 is 0 Å². The van der Waals surface area contributed by atoms with Crippen LogP contribution < -0.4 is 9.47 Å². The summed E-state index contributed by atoms with van der Waals surface area (Å²) in [5.74, 6) is 2.18. The van der Waals surface area contributed by atoms with Crippen LogP contribution in [0.15, 0.2) is 43.1 Å². The summed E-state index contributed by atoms with van der Waals surface area (Å²) in [5.41, 5.74) is 1.79. The number of nitrogens with zero attached hydrogens (tertiary/aromatic N) is 5. The van der Waals surface area contributed by atoms with Crippen molar-refractivity contribution in [1.82, 2.24) is 24.7 Å². The van der Waals surface area contributed by atoms with Crippen molar-refractivity contribution in [1.29, 1.82) is 0 Å². The standard InChI is InChI=1S/C14H11N5O2/c1-2-12-13(21-9-20-12)5-10(1)11-3-4-16-14(18-11)6-19-8-15-7-17-19/h1-5,7-8H,6,9H2. The molecule has 0 fully saturated rings. The molecule has 3 heterocycles. The van der Waals surface area contributed by atoms with Crippen molar-refractivity contribution < 1.29 is 9.47 Å². The lowest BCUT2D eigenvalue weighted by molar-refractivity contribution is 0.174. The normalized spacial score (nSPS) is 12.6. The van der Waals surface area contributed by atoms with E-state index in [0.717, 1.165) is 22.8 Å². The lowest BCUT2D eigenvalue weighted by Gasteiger charge is -2.05. The third-order valence-electron chi connectivity index (χ3n) is 3.14. The minimum Gasteiger partial charge on any atom is -0.454 e. The van der Waals surface area contributed by atoms with Gasteiger partial charge in [-0.05, 0) is 24.3 Å². The van der Waals surface area contributed by atoms with Crippen molar-refractivity contribution in [3.63, 3.8) is 0 Å². The highest BCUT2D eigenvalue weighted by molar-refractivity contribution is 5.64. The first kappa shape index (κ1) is 11.8. The predicted octanol–water partition coefficient (Wildman–Crippen LogP) is 1.51. The molecule has 7 heteroatoms. The number of aromatic nitrogens is 5. The number of benzene rings is 1. The minimum absolute atomic E-state index is 0.264. The molecule has 0 unspecified atom stereocenters. The maximum absolute atomic E-state index is 5.39. The Labute approximate surface area is 120 Å². The van der Waals surface area contributed by atoms with Crippen LogP contribution in [0, 0.1) is 0 Å². The van der Waals surface area contributed by atoms with E-state index in [9.17, 15) is 0 Å². The van der Waals surface area contributed by atoms with E-state index >= 15 is 0 Å². The monoisotopic (exact) mass is 281 g/mol. The van der Waals surface area contributed by atoms with Gasteiger partial charge < -0.3 is 9.47 Å². The maximum Gasteiger partial charge on any atom is 0.231 e. The second-order valence-corrected chi connectivity index (χ2v) is 4.52. The summed E-state index contributed by atoms with van der Waals surface area (Å²) >= 11 is 0. The molecule has 1 aliphatic heterocycles. The fraction of sp³-hybridized carbons (Fsp3) is 0.143. The van der Waals surface area contributed by atoms with E-state index in [1.54, 1.807) is 17.2 Å². The van der Waals surface area contributed by atoms with E-state index in [4.69, 9.17) is 9.47 Å². The first-order valence-corrected chi connectivity index (χ1v) is 6.43. The van der Waals surface area contributed by atoms with Gasteiger partial charge in [-0.3, -0.25) is 0 Å².